The Morgan fingerprint density at radius 1 is 1.44 bits per heavy atom. The molecular formula is C10H14FN3O4. The number of rotatable bonds is 5. The van der Waals surface area contributed by atoms with Gasteiger partial charge in [-0.15, -0.1) is 0 Å². The molecule has 0 saturated carbocycles. The maximum atomic E-state index is 13.5. The van der Waals surface area contributed by atoms with E-state index in [9.17, 15) is 24.7 Å². The van der Waals surface area contributed by atoms with Crippen molar-refractivity contribution in [3.8, 4) is 0 Å². The highest BCUT2D eigenvalue weighted by Gasteiger charge is 2.25. The molecule has 0 aliphatic rings. The molecule has 1 aromatic carbocycles. The first-order valence-electron chi connectivity index (χ1n) is 5.18. The molecule has 0 aliphatic carbocycles. The Balaban J connectivity index is 3.15. The number of nitrogens with zero attached hydrogens (tertiary/aromatic N) is 1. The predicted molar refractivity (Wildman–Crippen MR) is 62.1 cm³/mol. The summed E-state index contributed by atoms with van der Waals surface area (Å²) >= 11 is 0. The van der Waals surface area contributed by atoms with Crippen LogP contribution in [0.4, 0.5) is 15.8 Å². The third-order valence-corrected chi connectivity index (χ3v) is 2.49. The first kappa shape index (κ1) is 14.3. The summed E-state index contributed by atoms with van der Waals surface area (Å²) in [4.78, 5) is 9.85. The van der Waals surface area contributed by atoms with Crippen LogP contribution in [0, 0.1) is 15.9 Å². The summed E-state index contributed by atoms with van der Waals surface area (Å²) in [5.74, 6) is -0.915. The first-order chi connectivity index (χ1) is 8.38. The largest absolute Gasteiger partial charge is 0.393 e. The van der Waals surface area contributed by atoms with Gasteiger partial charge >= 0.3 is 0 Å². The van der Waals surface area contributed by atoms with Gasteiger partial charge in [-0.1, -0.05) is 0 Å². The van der Waals surface area contributed by atoms with Crippen molar-refractivity contribution in [1.29, 1.82) is 0 Å². The molecule has 0 heterocycles. The monoisotopic (exact) mass is 259 g/mol. The highest BCUT2D eigenvalue weighted by molar-refractivity contribution is 5.60. The molecule has 0 radical (unpaired) electrons. The lowest BCUT2D eigenvalue weighted by molar-refractivity contribution is -0.384. The van der Waals surface area contributed by atoms with Crippen LogP contribution < -0.4 is 11.5 Å². The highest BCUT2D eigenvalue weighted by Crippen LogP contribution is 2.30. The number of nitrogens with two attached hydrogens (primary N) is 2. The second kappa shape index (κ2) is 5.71. The van der Waals surface area contributed by atoms with Crippen molar-refractivity contribution >= 4 is 11.4 Å². The Morgan fingerprint density at radius 3 is 2.56 bits per heavy atom. The molecule has 18 heavy (non-hydrogen) atoms. The van der Waals surface area contributed by atoms with E-state index in [0.717, 1.165) is 12.1 Å². The molecule has 6 N–H and O–H groups in total. The molecule has 100 valence electrons. The molecule has 1 aromatic rings. The van der Waals surface area contributed by atoms with Crippen LogP contribution in [-0.4, -0.2) is 27.8 Å². The van der Waals surface area contributed by atoms with Crippen LogP contribution >= 0.6 is 0 Å². The zero-order valence-electron chi connectivity index (χ0n) is 9.41. The van der Waals surface area contributed by atoms with Crippen LogP contribution in [0.2, 0.25) is 0 Å². The fourth-order valence-electron chi connectivity index (χ4n) is 1.51. The van der Waals surface area contributed by atoms with Crippen molar-refractivity contribution < 1.29 is 19.5 Å². The van der Waals surface area contributed by atoms with Crippen LogP contribution in [0.15, 0.2) is 12.1 Å². The van der Waals surface area contributed by atoms with E-state index in [1.807, 2.05) is 0 Å². The minimum atomic E-state index is -1.59. The Labute approximate surface area is 102 Å². The smallest absolute Gasteiger partial charge is 0.292 e. The number of aliphatic hydroxyl groups excluding tert-OH is 2. The number of hydrogen-bond donors (Lipinski definition) is 4. The van der Waals surface area contributed by atoms with Crippen molar-refractivity contribution in [2.45, 2.75) is 18.6 Å². The average Bonchev–Trinajstić information content (AvgIpc) is 2.28. The molecule has 2 unspecified atom stereocenters. The lowest BCUT2D eigenvalue weighted by atomic mass is 10.0. The standard InChI is InChI=1S/C10H14FN3O4/c11-6-4-7(13)8(14(17)18)3-5(6)10(16)9(15)1-2-12/h3-4,9-10,15-16H,1-2,12-13H2. The molecule has 0 amide bonds. The zero-order chi connectivity index (χ0) is 13.9. The van der Waals surface area contributed by atoms with E-state index in [4.69, 9.17) is 11.5 Å². The van der Waals surface area contributed by atoms with Gasteiger partial charge in [0, 0.05) is 17.7 Å². The van der Waals surface area contributed by atoms with Crippen LogP contribution in [0.25, 0.3) is 0 Å². The van der Waals surface area contributed by atoms with Crippen LogP contribution in [-0.2, 0) is 0 Å². The highest BCUT2D eigenvalue weighted by atomic mass is 19.1. The van der Waals surface area contributed by atoms with E-state index >= 15 is 0 Å². The van der Waals surface area contributed by atoms with Gasteiger partial charge in [0.1, 0.15) is 17.6 Å². The van der Waals surface area contributed by atoms with Gasteiger partial charge in [-0.05, 0) is 13.0 Å². The van der Waals surface area contributed by atoms with Gasteiger partial charge in [-0.3, -0.25) is 10.1 Å². The molecule has 7 nitrogen and oxygen atoms in total. The van der Waals surface area contributed by atoms with Gasteiger partial charge in [0.25, 0.3) is 5.69 Å². The molecule has 0 aromatic heterocycles. The summed E-state index contributed by atoms with van der Waals surface area (Å²) in [5.41, 5.74) is 9.23. The Kier molecular flexibility index (Phi) is 4.54. The van der Waals surface area contributed by atoms with Crippen molar-refractivity contribution in [3.63, 3.8) is 0 Å². The molecule has 2 atom stereocenters. The lowest BCUT2D eigenvalue weighted by Gasteiger charge is -2.18. The summed E-state index contributed by atoms with van der Waals surface area (Å²) < 4.78 is 13.5. The van der Waals surface area contributed by atoms with Gasteiger partial charge in [-0.2, -0.15) is 0 Å². The number of nitro groups is 1. The number of hydrogen-bond acceptors (Lipinski definition) is 6. The third kappa shape index (κ3) is 2.92. The second-order valence-electron chi connectivity index (χ2n) is 3.78. The van der Waals surface area contributed by atoms with E-state index < -0.39 is 28.6 Å². The number of benzene rings is 1. The van der Waals surface area contributed by atoms with Crippen molar-refractivity contribution in [3.05, 3.63) is 33.6 Å². The van der Waals surface area contributed by atoms with Crippen LogP contribution in [0.3, 0.4) is 0 Å². The predicted octanol–water partition coefficient (Wildman–Crippen LogP) is 0.0592. The number of nitrogen functional groups attached to an aromatic ring is 1. The van der Waals surface area contributed by atoms with E-state index in [2.05, 4.69) is 0 Å². The SMILES string of the molecule is NCCC(O)C(O)c1cc([N+](=O)[O-])c(N)cc1F. The summed E-state index contributed by atoms with van der Waals surface area (Å²) in [7, 11) is 0. The van der Waals surface area contributed by atoms with Gasteiger partial charge in [0.2, 0.25) is 0 Å². The number of anilines is 1. The van der Waals surface area contributed by atoms with Gasteiger partial charge in [0.15, 0.2) is 0 Å². The summed E-state index contributed by atoms with van der Waals surface area (Å²) in [6.45, 7) is 0.0942. The molecule has 0 aliphatic heterocycles. The van der Waals surface area contributed by atoms with Crippen molar-refractivity contribution in [1.82, 2.24) is 0 Å². The van der Waals surface area contributed by atoms with Crippen molar-refractivity contribution in [2.75, 3.05) is 12.3 Å². The summed E-state index contributed by atoms with van der Waals surface area (Å²) in [5, 5.41) is 29.8. The minimum Gasteiger partial charge on any atom is -0.393 e. The molecular weight excluding hydrogens is 245 g/mol. The first-order valence-corrected chi connectivity index (χ1v) is 5.18. The van der Waals surface area contributed by atoms with Gasteiger partial charge in [-0.25, -0.2) is 4.39 Å². The Hall–Kier alpha value is -1.77. The maximum absolute atomic E-state index is 13.5. The molecule has 0 saturated heterocycles. The van der Waals surface area contributed by atoms with E-state index in [-0.39, 0.29) is 24.2 Å². The van der Waals surface area contributed by atoms with E-state index in [1.165, 1.54) is 0 Å². The van der Waals surface area contributed by atoms with Gasteiger partial charge < -0.3 is 21.7 Å². The summed E-state index contributed by atoms with van der Waals surface area (Å²) in [6, 6.07) is 1.56. The average molecular weight is 259 g/mol. The zero-order valence-corrected chi connectivity index (χ0v) is 9.41. The number of aliphatic hydroxyl groups is 2. The van der Waals surface area contributed by atoms with E-state index in [1.54, 1.807) is 0 Å². The fourth-order valence-corrected chi connectivity index (χ4v) is 1.51. The molecule has 0 bridgehead atoms. The number of nitro benzene ring substituents is 1. The van der Waals surface area contributed by atoms with Gasteiger partial charge in [0.05, 0.1) is 11.0 Å². The minimum absolute atomic E-state index is 0.0405. The number of halogens is 1. The summed E-state index contributed by atoms with van der Waals surface area (Å²) in [6.07, 6.45) is -2.85. The Bertz CT molecular complexity index is 455. The van der Waals surface area contributed by atoms with Crippen molar-refractivity contribution in [2.24, 2.45) is 5.73 Å². The molecule has 8 heteroatoms. The van der Waals surface area contributed by atoms with Crippen LogP contribution in [0.1, 0.15) is 18.1 Å². The second-order valence-corrected chi connectivity index (χ2v) is 3.78. The van der Waals surface area contributed by atoms with E-state index in [0.29, 0.717) is 0 Å². The fraction of sp³-hybridized carbons (Fsp3) is 0.400. The molecule has 0 fully saturated rings. The normalized spacial score (nSPS) is 14.2. The quantitative estimate of drug-likeness (QED) is 0.335. The maximum Gasteiger partial charge on any atom is 0.292 e. The Morgan fingerprint density at radius 2 is 2.06 bits per heavy atom. The van der Waals surface area contributed by atoms with Crippen LogP contribution in [0.5, 0.6) is 0 Å². The third-order valence-electron chi connectivity index (χ3n) is 2.49. The molecule has 0 spiro atoms. The topological polar surface area (TPSA) is 136 Å². The lowest BCUT2D eigenvalue weighted by Crippen LogP contribution is -2.22. The molecule has 1 rings (SSSR count).